The number of rotatable bonds is 3. The molecule has 0 spiro atoms. The lowest BCUT2D eigenvalue weighted by Crippen LogP contribution is -2.27. The van der Waals surface area contributed by atoms with E-state index >= 15 is 0 Å². The molecule has 0 radical (unpaired) electrons. The van der Waals surface area contributed by atoms with Gasteiger partial charge in [0.1, 0.15) is 0 Å². The summed E-state index contributed by atoms with van der Waals surface area (Å²) in [6.45, 7) is 4.38. The second kappa shape index (κ2) is 5.41. The van der Waals surface area contributed by atoms with Crippen LogP contribution in [0.3, 0.4) is 0 Å². The molecule has 0 saturated carbocycles. The summed E-state index contributed by atoms with van der Waals surface area (Å²) < 4.78 is 2.03. The molecule has 106 valence electrons. The smallest absolute Gasteiger partial charge is 0.0540 e. The molecule has 3 rings (SSSR count). The van der Waals surface area contributed by atoms with E-state index in [2.05, 4.69) is 48.5 Å². The van der Waals surface area contributed by atoms with Crippen LogP contribution in [0.4, 0.5) is 0 Å². The van der Waals surface area contributed by atoms with Crippen LogP contribution < -0.4 is 5.32 Å². The lowest BCUT2D eigenvalue weighted by Gasteiger charge is -2.27. The van der Waals surface area contributed by atoms with Crippen LogP contribution >= 0.6 is 0 Å². The monoisotopic (exact) mass is 269 g/mol. The maximum absolute atomic E-state index is 4.42. The van der Waals surface area contributed by atoms with Crippen LogP contribution in [0.1, 0.15) is 54.2 Å². The molecular weight excluding hydrogens is 246 g/mol. The molecule has 1 aliphatic carbocycles. The summed E-state index contributed by atoms with van der Waals surface area (Å²) in [6, 6.07) is 9.61. The highest BCUT2D eigenvalue weighted by atomic mass is 15.3. The minimum absolute atomic E-state index is 0.367. The Morgan fingerprint density at radius 3 is 2.80 bits per heavy atom. The van der Waals surface area contributed by atoms with Gasteiger partial charge in [-0.15, -0.1) is 0 Å². The van der Waals surface area contributed by atoms with E-state index in [0.29, 0.717) is 12.1 Å². The van der Waals surface area contributed by atoms with Gasteiger partial charge in [-0.3, -0.25) is 4.68 Å². The van der Waals surface area contributed by atoms with E-state index in [4.69, 9.17) is 0 Å². The maximum atomic E-state index is 4.42. The van der Waals surface area contributed by atoms with Gasteiger partial charge in [-0.25, -0.2) is 0 Å². The summed E-state index contributed by atoms with van der Waals surface area (Å²) in [4.78, 5) is 0. The SMILES string of the molecule is Cc1ccc([C@H](C)NC2CCCc3c2cnn3C)cc1. The molecule has 0 aliphatic heterocycles. The number of aromatic nitrogens is 2. The molecule has 1 aliphatic rings. The number of hydrogen-bond acceptors (Lipinski definition) is 2. The highest BCUT2D eigenvalue weighted by Gasteiger charge is 2.24. The van der Waals surface area contributed by atoms with Crippen LogP contribution in [-0.2, 0) is 13.5 Å². The van der Waals surface area contributed by atoms with Crippen LogP contribution in [0, 0.1) is 6.92 Å². The van der Waals surface area contributed by atoms with Gasteiger partial charge in [0, 0.05) is 30.4 Å². The zero-order valence-electron chi connectivity index (χ0n) is 12.6. The fourth-order valence-electron chi connectivity index (χ4n) is 3.13. The van der Waals surface area contributed by atoms with E-state index in [1.807, 2.05) is 17.9 Å². The van der Waals surface area contributed by atoms with E-state index in [-0.39, 0.29) is 0 Å². The Labute approximate surface area is 121 Å². The number of hydrogen-bond donors (Lipinski definition) is 1. The van der Waals surface area contributed by atoms with Crippen LogP contribution in [0.25, 0.3) is 0 Å². The first kappa shape index (κ1) is 13.4. The van der Waals surface area contributed by atoms with Crippen LogP contribution in [0.2, 0.25) is 0 Å². The lowest BCUT2D eigenvalue weighted by molar-refractivity contribution is 0.411. The predicted molar refractivity (Wildman–Crippen MR) is 81.6 cm³/mol. The van der Waals surface area contributed by atoms with Crippen molar-refractivity contribution in [2.24, 2.45) is 7.05 Å². The molecule has 2 aromatic rings. The number of nitrogens with one attached hydrogen (secondary N) is 1. The first-order chi connectivity index (χ1) is 9.65. The first-order valence-corrected chi connectivity index (χ1v) is 7.48. The Hall–Kier alpha value is -1.61. The van der Waals surface area contributed by atoms with Crippen LogP contribution in [0.15, 0.2) is 30.5 Å². The van der Waals surface area contributed by atoms with Crippen molar-refractivity contribution in [2.45, 2.75) is 45.2 Å². The van der Waals surface area contributed by atoms with Gasteiger partial charge >= 0.3 is 0 Å². The fourth-order valence-corrected chi connectivity index (χ4v) is 3.13. The van der Waals surface area contributed by atoms with Gasteiger partial charge in [-0.1, -0.05) is 29.8 Å². The fraction of sp³-hybridized carbons (Fsp3) is 0.471. The van der Waals surface area contributed by atoms with Crippen molar-refractivity contribution in [3.8, 4) is 0 Å². The largest absolute Gasteiger partial charge is 0.303 e. The molecular formula is C17H23N3. The van der Waals surface area contributed by atoms with Crippen molar-refractivity contribution in [3.63, 3.8) is 0 Å². The first-order valence-electron chi connectivity index (χ1n) is 7.48. The predicted octanol–water partition coefficient (Wildman–Crippen LogP) is 3.46. The zero-order chi connectivity index (χ0) is 14.1. The molecule has 2 atom stereocenters. The maximum Gasteiger partial charge on any atom is 0.0540 e. The molecule has 20 heavy (non-hydrogen) atoms. The molecule has 3 nitrogen and oxygen atoms in total. The minimum Gasteiger partial charge on any atom is -0.303 e. The molecule has 1 N–H and O–H groups in total. The van der Waals surface area contributed by atoms with Crippen molar-refractivity contribution in [1.29, 1.82) is 0 Å². The molecule has 0 amide bonds. The van der Waals surface area contributed by atoms with Gasteiger partial charge in [0.05, 0.1) is 6.20 Å². The molecule has 1 unspecified atom stereocenters. The van der Waals surface area contributed by atoms with Gasteiger partial charge in [0.25, 0.3) is 0 Å². The molecule has 1 heterocycles. The number of fused-ring (bicyclic) bond motifs is 1. The molecule has 1 aromatic carbocycles. The molecule has 0 bridgehead atoms. The molecule has 1 aromatic heterocycles. The van der Waals surface area contributed by atoms with Crippen molar-refractivity contribution in [2.75, 3.05) is 0 Å². The van der Waals surface area contributed by atoms with Crippen molar-refractivity contribution < 1.29 is 0 Å². The van der Waals surface area contributed by atoms with E-state index in [1.165, 1.54) is 35.2 Å². The number of benzene rings is 1. The molecule has 0 fully saturated rings. The summed E-state index contributed by atoms with van der Waals surface area (Å²) in [7, 11) is 2.05. The normalized spacial score (nSPS) is 19.6. The zero-order valence-corrected chi connectivity index (χ0v) is 12.6. The quantitative estimate of drug-likeness (QED) is 0.925. The Bertz CT molecular complexity index is 583. The van der Waals surface area contributed by atoms with Gasteiger partial charge < -0.3 is 5.32 Å². The average Bonchev–Trinajstić information content (AvgIpc) is 2.82. The average molecular weight is 269 g/mol. The summed E-state index contributed by atoms with van der Waals surface area (Å²) in [6.07, 6.45) is 5.64. The topological polar surface area (TPSA) is 29.9 Å². The lowest BCUT2D eigenvalue weighted by atomic mass is 9.92. The Morgan fingerprint density at radius 2 is 2.05 bits per heavy atom. The second-order valence-electron chi connectivity index (χ2n) is 5.91. The summed E-state index contributed by atoms with van der Waals surface area (Å²) in [5.41, 5.74) is 5.45. The third-order valence-corrected chi connectivity index (χ3v) is 4.40. The molecule has 0 saturated heterocycles. The van der Waals surface area contributed by atoms with Crippen LogP contribution in [0.5, 0.6) is 0 Å². The standard InChI is InChI=1S/C17H23N3/c1-12-7-9-14(10-8-12)13(2)19-16-5-4-6-17-15(16)11-18-20(17)3/h7-11,13,16,19H,4-6H2,1-3H3/t13-,16?/m0/s1. The highest BCUT2D eigenvalue weighted by Crippen LogP contribution is 2.31. The highest BCUT2D eigenvalue weighted by molar-refractivity contribution is 5.27. The Kier molecular flexibility index (Phi) is 3.62. The summed E-state index contributed by atoms with van der Waals surface area (Å²) in [5.74, 6) is 0. The van der Waals surface area contributed by atoms with Gasteiger partial charge in [-0.05, 0) is 38.7 Å². The van der Waals surface area contributed by atoms with Gasteiger partial charge in [0.15, 0.2) is 0 Å². The number of nitrogens with zero attached hydrogens (tertiary/aromatic N) is 2. The van der Waals surface area contributed by atoms with Crippen LogP contribution in [-0.4, -0.2) is 9.78 Å². The second-order valence-corrected chi connectivity index (χ2v) is 5.91. The van der Waals surface area contributed by atoms with E-state index in [0.717, 1.165) is 6.42 Å². The minimum atomic E-state index is 0.367. The van der Waals surface area contributed by atoms with E-state index in [9.17, 15) is 0 Å². The third-order valence-electron chi connectivity index (χ3n) is 4.40. The van der Waals surface area contributed by atoms with E-state index in [1.54, 1.807) is 0 Å². The van der Waals surface area contributed by atoms with E-state index < -0.39 is 0 Å². The number of aryl methyl sites for hydroxylation is 2. The van der Waals surface area contributed by atoms with Crippen molar-refractivity contribution in [3.05, 3.63) is 52.8 Å². The van der Waals surface area contributed by atoms with Crippen molar-refractivity contribution in [1.82, 2.24) is 15.1 Å². The Balaban J connectivity index is 1.77. The van der Waals surface area contributed by atoms with Gasteiger partial charge in [-0.2, -0.15) is 5.10 Å². The Morgan fingerprint density at radius 1 is 1.30 bits per heavy atom. The van der Waals surface area contributed by atoms with Crippen molar-refractivity contribution >= 4 is 0 Å². The summed E-state index contributed by atoms with van der Waals surface area (Å²) >= 11 is 0. The van der Waals surface area contributed by atoms with Gasteiger partial charge in [0.2, 0.25) is 0 Å². The third kappa shape index (κ3) is 2.50. The molecule has 3 heteroatoms. The summed E-state index contributed by atoms with van der Waals surface area (Å²) in [5, 5.41) is 8.19.